The Morgan fingerprint density at radius 3 is 2.50 bits per heavy atom. The number of quaternary nitrogens is 1. The molecule has 0 amide bonds. The normalized spacial score (nSPS) is 15.3. The highest BCUT2D eigenvalue weighted by Gasteiger charge is 2.19. The number of nitrogens with zero attached hydrogens (tertiary/aromatic N) is 2. The van der Waals surface area contributed by atoms with Crippen LogP contribution >= 0.6 is 12.2 Å². The van der Waals surface area contributed by atoms with Crippen molar-refractivity contribution in [3.8, 4) is 0 Å². The van der Waals surface area contributed by atoms with Gasteiger partial charge in [0.25, 0.3) is 0 Å². The average Bonchev–Trinajstić information content (AvgIpc) is 2.52. The van der Waals surface area contributed by atoms with Crippen LogP contribution in [-0.4, -0.2) is 63.4 Å². The van der Waals surface area contributed by atoms with E-state index >= 15 is 0 Å². The maximum atomic E-state index is 5.52. The number of para-hydroxylation sites is 1. The lowest BCUT2D eigenvalue weighted by Gasteiger charge is -2.38. The highest BCUT2D eigenvalue weighted by atomic mass is 32.1. The third-order valence-corrected chi connectivity index (χ3v) is 4.56. The largest absolute Gasteiger partial charge is 0.368 e. The number of hydrogen-bond acceptors (Lipinski definition) is 2. The molecule has 1 aliphatic rings. The van der Waals surface area contributed by atoms with Crippen LogP contribution in [0.3, 0.4) is 0 Å². The molecule has 0 bridgehead atoms. The summed E-state index contributed by atoms with van der Waals surface area (Å²) < 4.78 is 0. The van der Waals surface area contributed by atoms with Crippen molar-refractivity contribution in [1.29, 1.82) is 0 Å². The minimum Gasteiger partial charge on any atom is -0.368 e. The van der Waals surface area contributed by atoms with Crippen molar-refractivity contribution in [2.45, 2.75) is 13.3 Å². The Bertz CT molecular complexity index is 481. The van der Waals surface area contributed by atoms with Gasteiger partial charge in [-0.2, -0.15) is 0 Å². The Hall–Kier alpha value is -1.33. The molecular weight excluding hydrogens is 292 g/mol. The molecule has 4 nitrogen and oxygen atoms in total. The molecule has 0 unspecified atom stereocenters. The zero-order chi connectivity index (χ0) is 15.9. The van der Waals surface area contributed by atoms with Crippen LogP contribution in [0.4, 0.5) is 5.69 Å². The van der Waals surface area contributed by atoms with E-state index in [1.54, 1.807) is 0 Å². The first-order chi connectivity index (χ1) is 10.6. The summed E-state index contributed by atoms with van der Waals surface area (Å²) in [5, 5.41) is 4.31. The van der Waals surface area contributed by atoms with Crippen LogP contribution in [0.1, 0.15) is 12.0 Å². The van der Waals surface area contributed by atoms with Gasteiger partial charge in [-0.05, 0) is 30.8 Å². The van der Waals surface area contributed by atoms with E-state index in [1.165, 1.54) is 22.7 Å². The number of hydrogen-bond donors (Lipinski definition) is 2. The Labute approximate surface area is 140 Å². The van der Waals surface area contributed by atoms with Gasteiger partial charge in [0.1, 0.15) is 0 Å². The molecule has 0 radical (unpaired) electrons. The van der Waals surface area contributed by atoms with Gasteiger partial charge in [-0.25, -0.2) is 0 Å². The van der Waals surface area contributed by atoms with E-state index in [1.807, 2.05) is 0 Å². The van der Waals surface area contributed by atoms with Crippen LogP contribution in [-0.2, 0) is 0 Å². The molecule has 1 aromatic rings. The SMILES string of the molecule is Cc1ccccc1N1CCN(C(=S)NCCC[NH+](C)C)CC1. The lowest BCUT2D eigenvalue weighted by molar-refractivity contribution is -0.858. The van der Waals surface area contributed by atoms with Crippen LogP contribution in [0.5, 0.6) is 0 Å². The summed E-state index contributed by atoms with van der Waals surface area (Å²) in [7, 11) is 4.37. The van der Waals surface area contributed by atoms with E-state index in [-0.39, 0.29) is 0 Å². The van der Waals surface area contributed by atoms with Gasteiger partial charge in [-0.3, -0.25) is 0 Å². The predicted octanol–water partition coefficient (Wildman–Crippen LogP) is 0.526. The Morgan fingerprint density at radius 1 is 1.18 bits per heavy atom. The molecule has 1 heterocycles. The van der Waals surface area contributed by atoms with Crippen molar-refractivity contribution >= 4 is 23.0 Å². The second-order valence-corrected chi connectivity index (χ2v) is 6.69. The van der Waals surface area contributed by atoms with Gasteiger partial charge in [-0.15, -0.1) is 0 Å². The Kier molecular flexibility index (Phi) is 6.46. The molecule has 22 heavy (non-hydrogen) atoms. The molecule has 0 saturated carbocycles. The van der Waals surface area contributed by atoms with Gasteiger partial charge in [0.15, 0.2) is 5.11 Å². The monoisotopic (exact) mass is 321 g/mol. The third kappa shape index (κ3) is 4.85. The van der Waals surface area contributed by atoms with Crippen molar-refractivity contribution in [3.05, 3.63) is 29.8 Å². The number of benzene rings is 1. The fourth-order valence-electron chi connectivity index (χ4n) is 2.82. The van der Waals surface area contributed by atoms with Gasteiger partial charge >= 0.3 is 0 Å². The molecule has 122 valence electrons. The number of aryl methyl sites for hydroxylation is 1. The first-order valence-electron chi connectivity index (χ1n) is 8.20. The van der Waals surface area contributed by atoms with Crippen LogP contribution in [0.2, 0.25) is 0 Å². The van der Waals surface area contributed by atoms with Gasteiger partial charge in [0.05, 0.1) is 20.6 Å². The van der Waals surface area contributed by atoms with Gasteiger partial charge in [-0.1, -0.05) is 18.2 Å². The lowest BCUT2D eigenvalue weighted by atomic mass is 10.1. The standard InChI is InChI=1S/C17H28N4S/c1-15-7-4-5-8-16(15)20-11-13-21(14-12-20)17(22)18-9-6-10-19(2)3/h4-5,7-8H,6,9-14H2,1-3H3,(H,18,22)/p+1. The second kappa shape index (κ2) is 8.34. The van der Waals surface area contributed by atoms with Crippen molar-refractivity contribution in [1.82, 2.24) is 10.2 Å². The van der Waals surface area contributed by atoms with E-state index in [0.29, 0.717) is 0 Å². The zero-order valence-electron chi connectivity index (χ0n) is 14.1. The lowest BCUT2D eigenvalue weighted by Crippen LogP contribution is -3.05. The van der Waals surface area contributed by atoms with Crippen molar-refractivity contribution < 1.29 is 4.90 Å². The Balaban J connectivity index is 1.75. The maximum Gasteiger partial charge on any atom is 0.169 e. The second-order valence-electron chi connectivity index (χ2n) is 6.30. The molecule has 0 atom stereocenters. The quantitative estimate of drug-likeness (QED) is 0.610. The van der Waals surface area contributed by atoms with Crippen molar-refractivity contribution in [2.75, 3.05) is 58.3 Å². The predicted molar refractivity (Wildman–Crippen MR) is 97.9 cm³/mol. The smallest absolute Gasteiger partial charge is 0.169 e. The fraction of sp³-hybridized carbons (Fsp3) is 0.588. The summed E-state index contributed by atoms with van der Waals surface area (Å²) >= 11 is 5.52. The van der Waals surface area contributed by atoms with E-state index in [4.69, 9.17) is 12.2 Å². The van der Waals surface area contributed by atoms with Gasteiger partial charge in [0, 0.05) is 44.8 Å². The maximum absolute atomic E-state index is 5.52. The van der Waals surface area contributed by atoms with E-state index in [9.17, 15) is 0 Å². The van der Waals surface area contributed by atoms with Crippen LogP contribution in [0.25, 0.3) is 0 Å². The molecule has 0 aliphatic carbocycles. The highest BCUT2D eigenvalue weighted by molar-refractivity contribution is 7.80. The summed E-state index contributed by atoms with van der Waals surface area (Å²) in [6, 6.07) is 8.61. The van der Waals surface area contributed by atoms with Crippen LogP contribution in [0, 0.1) is 6.92 Å². The molecule has 2 N–H and O–H groups in total. The van der Waals surface area contributed by atoms with E-state index in [2.05, 4.69) is 60.4 Å². The van der Waals surface area contributed by atoms with Gasteiger partial charge in [0.2, 0.25) is 0 Å². The number of piperazine rings is 1. The summed E-state index contributed by atoms with van der Waals surface area (Å²) in [6.45, 7) is 8.40. The summed E-state index contributed by atoms with van der Waals surface area (Å²) in [5.74, 6) is 0. The number of nitrogens with one attached hydrogen (secondary N) is 2. The fourth-order valence-corrected chi connectivity index (χ4v) is 3.10. The molecule has 5 heteroatoms. The van der Waals surface area contributed by atoms with Crippen molar-refractivity contribution in [2.24, 2.45) is 0 Å². The first-order valence-corrected chi connectivity index (χ1v) is 8.61. The number of anilines is 1. The summed E-state index contributed by atoms with van der Waals surface area (Å²) in [4.78, 5) is 6.25. The molecule has 0 spiro atoms. The molecule has 2 rings (SSSR count). The topological polar surface area (TPSA) is 22.9 Å². The van der Waals surface area contributed by atoms with E-state index < -0.39 is 0 Å². The molecular formula is C17H29N4S+. The molecule has 0 aromatic heterocycles. The Morgan fingerprint density at radius 2 is 1.86 bits per heavy atom. The van der Waals surface area contributed by atoms with Crippen LogP contribution in [0.15, 0.2) is 24.3 Å². The van der Waals surface area contributed by atoms with Crippen LogP contribution < -0.4 is 15.1 Å². The van der Waals surface area contributed by atoms with E-state index in [0.717, 1.165) is 44.3 Å². The summed E-state index contributed by atoms with van der Waals surface area (Å²) in [6.07, 6.45) is 1.16. The molecule has 1 aromatic carbocycles. The molecule has 1 saturated heterocycles. The summed E-state index contributed by atoms with van der Waals surface area (Å²) in [5.41, 5.74) is 2.71. The average molecular weight is 322 g/mol. The number of rotatable bonds is 5. The van der Waals surface area contributed by atoms with Crippen molar-refractivity contribution in [3.63, 3.8) is 0 Å². The minimum atomic E-state index is 0.915. The number of thiocarbonyl (C=S) groups is 1. The van der Waals surface area contributed by atoms with Gasteiger partial charge < -0.3 is 20.0 Å². The molecule has 1 aliphatic heterocycles. The zero-order valence-corrected chi connectivity index (χ0v) is 14.9. The minimum absolute atomic E-state index is 0.915. The highest BCUT2D eigenvalue weighted by Crippen LogP contribution is 2.20. The molecule has 1 fully saturated rings. The first kappa shape index (κ1) is 17.0. The third-order valence-electron chi connectivity index (χ3n) is 4.15.